The highest BCUT2D eigenvalue weighted by molar-refractivity contribution is 5.92. The molecule has 0 aliphatic carbocycles. The lowest BCUT2D eigenvalue weighted by Gasteiger charge is -2.18. The van der Waals surface area contributed by atoms with E-state index in [2.05, 4.69) is 97.8 Å². The highest BCUT2D eigenvalue weighted by atomic mass is 16.3. The van der Waals surface area contributed by atoms with Crippen molar-refractivity contribution in [2.75, 3.05) is 36.8 Å². The minimum atomic E-state index is -0.252. The summed E-state index contributed by atoms with van der Waals surface area (Å²) in [6, 6.07) is 18.8. The number of aromatic nitrogens is 5. The van der Waals surface area contributed by atoms with E-state index in [1.165, 1.54) is 0 Å². The Morgan fingerprint density at radius 2 is 1.26 bits per heavy atom. The van der Waals surface area contributed by atoms with Gasteiger partial charge in [-0.3, -0.25) is 19.8 Å². The molecule has 0 saturated carbocycles. The Bertz CT molecular complexity index is 2040. The van der Waals surface area contributed by atoms with E-state index in [1.54, 1.807) is 6.33 Å². The van der Waals surface area contributed by atoms with Crippen LogP contribution in [0.1, 0.15) is 35.1 Å². The van der Waals surface area contributed by atoms with E-state index >= 15 is 0 Å². The van der Waals surface area contributed by atoms with Gasteiger partial charge in [0.2, 0.25) is 0 Å². The predicted octanol–water partition coefficient (Wildman–Crippen LogP) is 5.87. The number of nitrogens with zero attached hydrogens (tertiary/aromatic N) is 7. The molecule has 2 saturated heterocycles. The molecule has 11 heteroatoms. The monoisotopic (exact) mass is 667 g/mol. The third kappa shape index (κ3) is 6.60. The number of rotatable bonds is 9. The van der Waals surface area contributed by atoms with Crippen LogP contribution in [0.2, 0.25) is 0 Å². The van der Waals surface area contributed by atoms with Crippen molar-refractivity contribution in [1.82, 2.24) is 34.7 Å². The average Bonchev–Trinajstić information content (AvgIpc) is 3.73. The molecule has 6 aromatic rings. The van der Waals surface area contributed by atoms with Crippen LogP contribution in [0, 0.1) is 13.8 Å². The molecule has 2 aliphatic rings. The average molecular weight is 668 g/mol. The number of aliphatic hydroxyl groups excluding tert-OH is 2. The van der Waals surface area contributed by atoms with E-state index in [-0.39, 0.29) is 12.2 Å². The zero-order chi connectivity index (χ0) is 34.2. The summed E-state index contributed by atoms with van der Waals surface area (Å²) in [6.45, 7) is 8.93. The largest absolute Gasteiger partial charge is 0.392 e. The summed E-state index contributed by atoms with van der Waals surface area (Å²) in [5.41, 5.74) is 10.8. The van der Waals surface area contributed by atoms with Gasteiger partial charge in [-0.25, -0.2) is 15.0 Å². The van der Waals surface area contributed by atoms with E-state index in [0.29, 0.717) is 30.2 Å². The van der Waals surface area contributed by atoms with Gasteiger partial charge in [0, 0.05) is 74.6 Å². The van der Waals surface area contributed by atoms with Gasteiger partial charge in [-0.1, -0.05) is 24.3 Å². The van der Waals surface area contributed by atoms with Crippen LogP contribution in [0.5, 0.6) is 0 Å². The van der Waals surface area contributed by atoms with Crippen molar-refractivity contribution in [2.24, 2.45) is 0 Å². The number of fused-ring (bicyclic) bond motifs is 2. The molecular formula is C39H41N9O2. The molecule has 0 spiro atoms. The van der Waals surface area contributed by atoms with Gasteiger partial charge in [0.05, 0.1) is 17.7 Å². The summed E-state index contributed by atoms with van der Waals surface area (Å²) in [6.07, 6.45) is 8.33. The summed E-state index contributed by atoms with van der Waals surface area (Å²) in [4.78, 5) is 27.8. The first-order valence-electron chi connectivity index (χ1n) is 17.3. The van der Waals surface area contributed by atoms with Crippen molar-refractivity contribution in [3.8, 4) is 11.1 Å². The van der Waals surface area contributed by atoms with Crippen molar-refractivity contribution in [3.05, 3.63) is 102 Å². The summed E-state index contributed by atoms with van der Waals surface area (Å²) < 4.78 is 0. The molecule has 2 aliphatic heterocycles. The van der Waals surface area contributed by atoms with Gasteiger partial charge in [0.25, 0.3) is 0 Å². The Morgan fingerprint density at radius 3 is 1.86 bits per heavy atom. The molecule has 11 nitrogen and oxygen atoms in total. The lowest BCUT2D eigenvalue weighted by atomic mass is 9.94. The van der Waals surface area contributed by atoms with Crippen LogP contribution >= 0.6 is 0 Å². The quantitative estimate of drug-likeness (QED) is 0.147. The van der Waals surface area contributed by atoms with Gasteiger partial charge < -0.3 is 20.8 Å². The molecule has 0 amide bonds. The first-order chi connectivity index (χ1) is 24.4. The maximum atomic E-state index is 9.92. The molecule has 4 aromatic heterocycles. The molecule has 2 aromatic carbocycles. The SMILES string of the molecule is Cc1c(Nc2nccc3cc(CN4CC[C@@H](O)C4)cnc23)cccc1-c1cccc(Nc2ncnc3cc(CN4CC[C@@H](O)C4)cnc23)c1C. The number of likely N-dealkylation sites (tertiary alicyclic amines) is 2. The molecule has 0 radical (unpaired) electrons. The summed E-state index contributed by atoms with van der Waals surface area (Å²) in [5.74, 6) is 1.36. The second-order valence-corrected chi connectivity index (χ2v) is 13.6. The zero-order valence-corrected chi connectivity index (χ0v) is 28.3. The maximum absolute atomic E-state index is 9.92. The lowest BCUT2D eigenvalue weighted by Crippen LogP contribution is -2.21. The number of benzene rings is 2. The molecule has 8 rings (SSSR count). The van der Waals surface area contributed by atoms with Crippen LogP contribution in [0.3, 0.4) is 0 Å². The molecule has 0 unspecified atom stereocenters. The van der Waals surface area contributed by atoms with Crippen molar-refractivity contribution < 1.29 is 10.2 Å². The number of hydrogen-bond acceptors (Lipinski definition) is 11. The van der Waals surface area contributed by atoms with Crippen LogP contribution in [-0.2, 0) is 13.1 Å². The van der Waals surface area contributed by atoms with Crippen LogP contribution in [0.25, 0.3) is 33.1 Å². The van der Waals surface area contributed by atoms with Crippen molar-refractivity contribution in [3.63, 3.8) is 0 Å². The predicted molar refractivity (Wildman–Crippen MR) is 197 cm³/mol. The van der Waals surface area contributed by atoms with Crippen LogP contribution in [0.4, 0.5) is 23.0 Å². The fraction of sp³-hybridized carbons (Fsp3) is 0.308. The van der Waals surface area contributed by atoms with Gasteiger partial charge in [-0.2, -0.15) is 0 Å². The Balaban J connectivity index is 1.03. The van der Waals surface area contributed by atoms with Crippen molar-refractivity contribution in [2.45, 2.75) is 52.0 Å². The number of hydrogen-bond donors (Lipinski definition) is 4. The van der Waals surface area contributed by atoms with Gasteiger partial charge in [-0.15, -0.1) is 0 Å². The van der Waals surface area contributed by atoms with E-state index in [4.69, 9.17) is 9.97 Å². The maximum Gasteiger partial charge on any atom is 0.160 e. The third-order valence-corrected chi connectivity index (χ3v) is 9.96. The third-order valence-electron chi connectivity index (χ3n) is 9.96. The fourth-order valence-electron chi connectivity index (χ4n) is 7.26. The van der Waals surface area contributed by atoms with E-state index < -0.39 is 0 Å². The summed E-state index contributed by atoms with van der Waals surface area (Å²) in [5, 5.41) is 28.0. The molecule has 4 N–H and O–H groups in total. The first kappa shape index (κ1) is 32.2. The number of nitrogens with one attached hydrogen (secondary N) is 2. The smallest absolute Gasteiger partial charge is 0.160 e. The topological polar surface area (TPSA) is 135 Å². The van der Waals surface area contributed by atoms with Crippen LogP contribution in [0.15, 0.2) is 79.5 Å². The second kappa shape index (κ2) is 13.7. The van der Waals surface area contributed by atoms with Crippen LogP contribution < -0.4 is 10.6 Å². The number of aliphatic hydroxyl groups is 2. The van der Waals surface area contributed by atoms with E-state index in [9.17, 15) is 10.2 Å². The normalized spacial score (nSPS) is 18.3. The van der Waals surface area contributed by atoms with Crippen LogP contribution in [-0.4, -0.2) is 83.3 Å². The minimum Gasteiger partial charge on any atom is -0.392 e. The Morgan fingerprint density at radius 1 is 0.680 bits per heavy atom. The van der Waals surface area contributed by atoms with E-state index in [1.807, 2.05) is 24.7 Å². The molecule has 6 heterocycles. The molecule has 254 valence electrons. The zero-order valence-electron chi connectivity index (χ0n) is 28.3. The molecule has 2 fully saturated rings. The van der Waals surface area contributed by atoms with Gasteiger partial charge in [-0.05, 0) is 90.4 Å². The number of anilines is 4. The highest BCUT2D eigenvalue weighted by Gasteiger charge is 2.22. The minimum absolute atomic E-state index is 0.239. The molecular weight excluding hydrogens is 626 g/mol. The Hall–Kier alpha value is -5.07. The second-order valence-electron chi connectivity index (χ2n) is 13.6. The standard InChI is InChI=1S/C39H41N9O2/c1-24-31(5-3-7-33(24)45-38-36-28(9-12-40-38)15-26(17-41-36)19-47-13-10-29(49)21-47)32-6-4-8-34(25(32)2)46-39-37-35(43-23-44-39)16-27(18-42-37)20-48-14-11-30(50)22-48/h3-9,12,15-18,23,29-30,49-50H,10-11,13-14,19-22H2,1-2H3,(H,40,45)(H,43,44,46)/t29-,30-/m1/s1. The van der Waals surface area contributed by atoms with Crippen molar-refractivity contribution >= 4 is 44.9 Å². The Kier molecular flexibility index (Phi) is 8.80. The lowest BCUT2D eigenvalue weighted by molar-refractivity contribution is 0.174. The number of pyridine rings is 3. The molecule has 50 heavy (non-hydrogen) atoms. The fourth-order valence-corrected chi connectivity index (χ4v) is 7.26. The molecule has 0 bridgehead atoms. The highest BCUT2D eigenvalue weighted by Crippen LogP contribution is 2.36. The van der Waals surface area contributed by atoms with Crippen molar-refractivity contribution in [1.29, 1.82) is 0 Å². The number of β-amino-alcohol motifs (C(OH)–C–C–N with tert-alkyl or cyclic N) is 2. The Labute approximate surface area is 291 Å². The van der Waals surface area contributed by atoms with E-state index in [0.717, 1.165) is 100 Å². The van der Waals surface area contributed by atoms with Gasteiger partial charge in [0.1, 0.15) is 17.4 Å². The molecule has 2 atom stereocenters. The summed E-state index contributed by atoms with van der Waals surface area (Å²) in [7, 11) is 0. The summed E-state index contributed by atoms with van der Waals surface area (Å²) >= 11 is 0. The van der Waals surface area contributed by atoms with Gasteiger partial charge in [0.15, 0.2) is 11.6 Å². The van der Waals surface area contributed by atoms with Gasteiger partial charge >= 0.3 is 0 Å². The first-order valence-corrected chi connectivity index (χ1v) is 17.3.